The zero-order chi connectivity index (χ0) is 14.8. The third kappa shape index (κ3) is 3.13. The van der Waals surface area contributed by atoms with Gasteiger partial charge in [0.1, 0.15) is 6.61 Å². The van der Waals surface area contributed by atoms with E-state index in [9.17, 15) is 9.59 Å². The molecule has 21 heavy (non-hydrogen) atoms. The number of morpholine rings is 1. The van der Waals surface area contributed by atoms with E-state index in [4.69, 9.17) is 9.84 Å². The SMILES string of the molecule is O=C1CO[C@H]2CCN(C(=O)N3CCC(CO)CC3)C[C@H]2N1. The van der Waals surface area contributed by atoms with Crippen LogP contribution in [0.25, 0.3) is 0 Å². The minimum atomic E-state index is -0.102. The summed E-state index contributed by atoms with van der Waals surface area (Å²) in [6.07, 6.45) is 2.53. The summed E-state index contributed by atoms with van der Waals surface area (Å²) in [4.78, 5) is 27.6. The maximum atomic E-state index is 12.5. The molecule has 3 aliphatic heterocycles. The molecule has 0 unspecified atom stereocenters. The van der Waals surface area contributed by atoms with E-state index in [2.05, 4.69) is 5.32 Å². The number of nitrogens with one attached hydrogen (secondary N) is 1. The molecule has 0 aromatic carbocycles. The molecule has 7 nitrogen and oxygen atoms in total. The van der Waals surface area contributed by atoms with Gasteiger partial charge >= 0.3 is 6.03 Å². The highest BCUT2D eigenvalue weighted by Gasteiger charge is 2.37. The van der Waals surface area contributed by atoms with E-state index in [-0.39, 0.29) is 37.3 Å². The first-order chi connectivity index (χ1) is 10.2. The van der Waals surface area contributed by atoms with Crippen molar-refractivity contribution in [1.29, 1.82) is 0 Å². The highest BCUT2D eigenvalue weighted by molar-refractivity contribution is 5.79. The number of hydrogen-bond donors (Lipinski definition) is 2. The average molecular weight is 297 g/mol. The monoisotopic (exact) mass is 297 g/mol. The fourth-order valence-corrected chi connectivity index (χ4v) is 3.38. The number of hydrogen-bond acceptors (Lipinski definition) is 4. The highest BCUT2D eigenvalue weighted by Crippen LogP contribution is 2.21. The summed E-state index contributed by atoms with van der Waals surface area (Å²) in [7, 11) is 0. The summed E-state index contributed by atoms with van der Waals surface area (Å²) in [5.74, 6) is 0.222. The number of urea groups is 1. The van der Waals surface area contributed by atoms with Gasteiger partial charge in [0.2, 0.25) is 5.91 Å². The summed E-state index contributed by atoms with van der Waals surface area (Å²) in [5.41, 5.74) is 0. The van der Waals surface area contributed by atoms with Gasteiger partial charge in [-0.15, -0.1) is 0 Å². The molecule has 118 valence electrons. The number of aliphatic hydroxyl groups is 1. The van der Waals surface area contributed by atoms with Gasteiger partial charge in [0, 0.05) is 32.8 Å². The Bertz CT molecular complexity index is 409. The molecular weight excluding hydrogens is 274 g/mol. The summed E-state index contributed by atoms with van der Waals surface area (Å²) >= 11 is 0. The van der Waals surface area contributed by atoms with E-state index in [0.717, 1.165) is 19.3 Å². The van der Waals surface area contributed by atoms with Crippen molar-refractivity contribution >= 4 is 11.9 Å². The van der Waals surface area contributed by atoms with Gasteiger partial charge in [-0.2, -0.15) is 0 Å². The van der Waals surface area contributed by atoms with E-state index >= 15 is 0 Å². The lowest BCUT2D eigenvalue weighted by atomic mass is 9.97. The van der Waals surface area contributed by atoms with Gasteiger partial charge in [-0.3, -0.25) is 4.79 Å². The van der Waals surface area contributed by atoms with Crippen LogP contribution in [0, 0.1) is 5.92 Å². The Kier molecular flexibility index (Phi) is 4.30. The topological polar surface area (TPSA) is 82.1 Å². The molecule has 0 aromatic rings. The predicted molar refractivity (Wildman–Crippen MR) is 74.6 cm³/mol. The second kappa shape index (κ2) is 6.19. The normalized spacial score (nSPS) is 30.8. The molecule has 3 rings (SSSR count). The van der Waals surface area contributed by atoms with E-state index in [1.54, 1.807) is 0 Å². The molecule has 0 spiro atoms. The first-order valence-corrected chi connectivity index (χ1v) is 7.73. The van der Waals surface area contributed by atoms with Crippen molar-refractivity contribution in [3.63, 3.8) is 0 Å². The number of nitrogens with zero attached hydrogens (tertiary/aromatic N) is 2. The number of aliphatic hydroxyl groups excluding tert-OH is 1. The minimum Gasteiger partial charge on any atom is -0.396 e. The second-order valence-electron chi connectivity index (χ2n) is 6.15. The Hall–Kier alpha value is -1.34. The van der Waals surface area contributed by atoms with Gasteiger partial charge in [0.05, 0.1) is 12.1 Å². The van der Waals surface area contributed by atoms with Gasteiger partial charge in [0.15, 0.2) is 0 Å². The fourth-order valence-electron chi connectivity index (χ4n) is 3.38. The summed E-state index contributed by atoms with van der Waals surface area (Å²) in [6.45, 7) is 2.95. The van der Waals surface area contributed by atoms with Crippen LogP contribution in [0.5, 0.6) is 0 Å². The molecule has 3 heterocycles. The van der Waals surface area contributed by atoms with Crippen molar-refractivity contribution in [3.05, 3.63) is 0 Å². The number of rotatable bonds is 1. The lowest BCUT2D eigenvalue weighted by Gasteiger charge is -2.43. The number of piperidine rings is 2. The third-order valence-corrected chi connectivity index (χ3v) is 4.74. The van der Waals surface area contributed by atoms with Crippen LogP contribution in [-0.2, 0) is 9.53 Å². The first-order valence-electron chi connectivity index (χ1n) is 7.73. The maximum Gasteiger partial charge on any atom is 0.320 e. The molecule has 0 saturated carbocycles. The Morgan fingerprint density at radius 2 is 1.95 bits per heavy atom. The lowest BCUT2D eigenvalue weighted by molar-refractivity contribution is -0.139. The van der Waals surface area contributed by atoms with Crippen LogP contribution in [0.15, 0.2) is 0 Å². The summed E-state index contributed by atoms with van der Waals surface area (Å²) < 4.78 is 5.50. The Labute approximate surface area is 124 Å². The molecule has 0 aromatic heterocycles. The molecule has 3 amide bonds. The molecule has 0 aliphatic carbocycles. The summed E-state index contributed by atoms with van der Waals surface area (Å²) in [5, 5.41) is 12.1. The van der Waals surface area contributed by atoms with Crippen LogP contribution in [0.3, 0.4) is 0 Å². The second-order valence-corrected chi connectivity index (χ2v) is 6.15. The van der Waals surface area contributed by atoms with E-state index < -0.39 is 0 Å². The fraction of sp³-hybridized carbons (Fsp3) is 0.857. The molecule has 2 N–H and O–H groups in total. The van der Waals surface area contributed by atoms with Gasteiger partial charge in [0.25, 0.3) is 0 Å². The number of ether oxygens (including phenoxy) is 1. The van der Waals surface area contributed by atoms with E-state index in [0.29, 0.717) is 32.1 Å². The Morgan fingerprint density at radius 3 is 2.67 bits per heavy atom. The van der Waals surface area contributed by atoms with Crippen molar-refractivity contribution in [2.45, 2.75) is 31.4 Å². The number of carbonyl (C=O) groups is 2. The van der Waals surface area contributed by atoms with Gasteiger partial charge in [-0.25, -0.2) is 4.79 Å². The van der Waals surface area contributed by atoms with Crippen LogP contribution >= 0.6 is 0 Å². The van der Waals surface area contributed by atoms with E-state index in [1.165, 1.54) is 0 Å². The molecule has 3 aliphatic rings. The zero-order valence-electron chi connectivity index (χ0n) is 12.2. The van der Waals surface area contributed by atoms with Gasteiger partial charge < -0.3 is 25.0 Å². The standard InChI is InChI=1S/C14H23N3O4/c18-8-10-1-4-16(5-2-10)14(20)17-6-3-12-11(7-17)15-13(19)9-21-12/h10-12,18H,1-9H2,(H,15,19)/t11-,12+/m1/s1. The number of amides is 3. The van der Waals surface area contributed by atoms with Crippen LogP contribution in [-0.4, -0.2) is 78.4 Å². The van der Waals surface area contributed by atoms with Crippen LogP contribution in [0.1, 0.15) is 19.3 Å². The lowest BCUT2D eigenvalue weighted by Crippen LogP contribution is -2.62. The molecule has 0 radical (unpaired) electrons. The average Bonchev–Trinajstić information content (AvgIpc) is 2.53. The van der Waals surface area contributed by atoms with Crippen molar-refractivity contribution in [2.24, 2.45) is 5.92 Å². The van der Waals surface area contributed by atoms with Gasteiger partial charge in [-0.1, -0.05) is 0 Å². The first kappa shape index (κ1) is 14.6. The third-order valence-electron chi connectivity index (χ3n) is 4.74. The maximum absolute atomic E-state index is 12.5. The smallest absolute Gasteiger partial charge is 0.320 e. The molecule has 3 saturated heterocycles. The van der Waals surface area contributed by atoms with E-state index in [1.807, 2.05) is 9.80 Å². The largest absolute Gasteiger partial charge is 0.396 e. The minimum absolute atomic E-state index is 0.0341. The molecule has 0 bridgehead atoms. The quantitative estimate of drug-likeness (QED) is 0.677. The molecule has 2 atom stereocenters. The van der Waals surface area contributed by atoms with Crippen LogP contribution in [0.2, 0.25) is 0 Å². The zero-order valence-corrected chi connectivity index (χ0v) is 12.2. The molecular formula is C14H23N3O4. The Balaban J connectivity index is 1.55. The van der Waals surface area contributed by atoms with Crippen LogP contribution < -0.4 is 5.32 Å². The number of likely N-dealkylation sites (tertiary alicyclic amines) is 2. The van der Waals surface area contributed by atoms with Crippen molar-refractivity contribution in [2.75, 3.05) is 39.4 Å². The van der Waals surface area contributed by atoms with Crippen molar-refractivity contribution in [3.8, 4) is 0 Å². The van der Waals surface area contributed by atoms with Gasteiger partial charge in [-0.05, 0) is 25.2 Å². The van der Waals surface area contributed by atoms with Crippen LogP contribution in [0.4, 0.5) is 4.79 Å². The molecule has 7 heteroatoms. The predicted octanol–water partition coefficient (Wildman–Crippen LogP) is -0.600. The summed E-state index contributed by atoms with van der Waals surface area (Å²) in [6, 6.07) is -0.0383. The number of fused-ring (bicyclic) bond motifs is 1. The number of carbonyl (C=O) groups excluding carboxylic acids is 2. The molecule has 3 fully saturated rings. The van der Waals surface area contributed by atoms with Crippen molar-refractivity contribution in [1.82, 2.24) is 15.1 Å². The highest BCUT2D eigenvalue weighted by atomic mass is 16.5. The van der Waals surface area contributed by atoms with Crippen molar-refractivity contribution < 1.29 is 19.4 Å². The Morgan fingerprint density at radius 1 is 1.24 bits per heavy atom.